The van der Waals surface area contributed by atoms with Crippen molar-refractivity contribution in [2.24, 2.45) is 0 Å². The fraction of sp³-hybridized carbons (Fsp3) is 0.394. The fourth-order valence-electron chi connectivity index (χ4n) is 6.01. The van der Waals surface area contributed by atoms with Crippen LogP contribution in [0, 0.1) is 10.1 Å². The van der Waals surface area contributed by atoms with E-state index in [1.807, 2.05) is 29.2 Å². The molecule has 2 aliphatic rings. The maximum Gasteiger partial charge on any atom is 0.269 e. The maximum atomic E-state index is 14.1. The number of methoxy groups -OCH3 is 2. The monoisotopic (exact) mass is 601 g/mol. The number of nitro groups is 1. The summed E-state index contributed by atoms with van der Waals surface area (Å²) in [6.45, 7) is 4.18. The predicted molar refractivity (Wildman–Crippen MR) is 166 cm³/mol. The Morgan fingerprint density at radius 2 is 1.64 bits per heavy atom. The van der Waals surface area contributed by atoms with Gasteiger partial charge in [-0.05, 0) is 60.8 Å². The largest absolute Gasteiger partial charge is 0.497 e. The molecule has 2 heterocycles. The van der Waals surface area contributed by atoms with E-state index in [4.69, 9.17) is 9.47 Å². The van der Waals surface area contributed by atoms with Gasteiger partial charge in [0.05, 0.1) is 19.1 Å². The van der Waals surface area contributed by atoms with Gasteiger partial charge in [0.25, 0.3) is 11.6 Å². The lowest BCUT2D eigenvalue weighted by Gasteiger charge is -2.29. The molecule has 0 bridgehead atoms. The molecule has 1 N–H and O–H groups in total. The summed E-state index contributed by atoms with van der Waals surface area (Å²) in [6, 6.07) is 20.6. The summed E-state index contributed by atoms with van der Waals surface area (Å²) >= 11 is 0. The maximum absolute atomic E-state index is 14.1. The van der Waals surface area contributed by atoms with Crippen LogP contribution in [-0.2, 0) is 17.9 Å². The van der Waals surface area contributed by atoms with Crippen molar-refractivity contribution in [1.29, 1.82) is 0 Å². The lowest BCUT2D eigenvalue weighted by molar-refractivity contribution is -0.384. The number of benzene rings is 3. The number of nitrogens with zero attached hydrogens (tertiary/aromatic N) is 4. The summed E-state index contributed by atoms with van der Waals surface area (Å²) in [4.78, 5) is 44.8. The van der Waals surface area contributed by atoms with E-state index >= 15 is 0 Å². The zero-order valence-corrected chi connectivity index (χ0v) is 25.2. The standard InChI is InChI=1S/C33H39N5O6/c1-43-29-8-3-6-25(18-29)22-36(21-24-10-12-27(13-11-24)38(41)42)28-20-31(33(40)35-16-5-14-34-15-17-35)37(23-28)32(39)26-7-4-9-30(19-26)44-2/h3-4,6-13,18-19,28,31,34H,5,14-17,20-23H2,1-2H3. The van der Waals surface area contributed by atoms with Gasteiger partial charge in [-0.15, -0.1) is 0 Å². The van der Waals surface area contributed by atoms with E-state index in [9.17, 15) is 19.7 Å². The summed E-state index contributed by atoms with van der Waals surface area (Å²) in [5, 5.41) is 14.6. The molecule has 0 saturated carbocycles. The smallest absolute Gasteiger partial charge is 0.269 e. The molecule has 11 heteroatoms. The van der Waals surface area contributed by atoms with Gasteiger partial charge in [-0.2, -0.15) is 0 Å². The van der Waals surface area contributed by atoms with Crippen molar-refractivity contribution in [3.63, 3.8) is 0 Å². The molecule has 2 atom stereocenters. The molecule has 2 saturated heterocycles. The van der Waals surface area contributed by atoms with Gasteiger partial charge >= 0.3 is 0 Å². The highest BCUT2D eigenvalue weighted by Gasteiger charge is 2.43. The van der Waals surface area contributed by atoms with Crippen molar-refractivity contribution in [2.75, 3.05) is 46.9 Å². The molecular formula is C33H39N5O6. The van der Waals surface area contributed by atoms with Crippen molar-refractivity contribution >= 4 is 17.5 Å². The summed E-state index contributed by atoms with van der Waals surface area (Å²) in [7, 11) is 3.19. The number of ether oxygens (including phenoxy) is 2. The normalized spacial score (nSPS) is 18.6. The molecule has 2 aliphatic heterocycles. The van der Waals surface area contributed by atoms with Gasteiger partial charge in [0, 0.05) is 63.0 Å². The Labute approximate surface area is 257 Å². The molecule has 44 heavy (non-hydrogen) atoms. The zero-order valence-electron chi connectivity index (χ0n) is 25.2. The van der Waals surface area contributed by atoms with Crippen LogP contribution in [0.3, 0.4) is 0 Å². The average Bonchev–Trinajstić information content (AvgIpc) is 3.31. The lowest BCUT2D eigenvalue weighted by Crippen LogP contribution is -2.48. The molecular weight excluding hydrogens is 562 g/mol. The number of nitro benzene ring substituents is 1. The van der Waals surface area contributed by atoms with E-state index in [1.54, 1.807) is 55.5 Å². The molecule has 2 unspecified atom stereocenters. The topological polar surface area (TPSA) is 117 Å². The highest BCUT2D eigenvalue weighted by molar-refractivity contribution is 5.98. The predicted octanol–water partition coefficient (Wildman–Crippen LogP) is 3.72. The quantitative estimate of drug-likeness (QED) is 0.276. The third-order valence-corrected chi connectivity index (χ3v) is 8.36. The SMILES string of the molecule is COc1cccc(CN(Cc2ccc([N+](=O)[O-])cc2)C2CC(C(=O)N3CCCNCC3)N(C(=O)c3cccc(OC)c3)C2)c1. The summed E-state index contributed by atoms with van der Waals surface area (Å²) in [5.74, 6) is 1.06. The Morgan fingerprint density at radius 1 is 0.932 bits per heavy atom. The summed E-state index contributed by atoms with van der Waals surface area (Å²) in [6.07, 6.45) is 1.32. The van der Waals surface area contributed by atoms with E-state index in [1.165, 1.54) is 12.1 Å². The number of nitrogens with one attached hydrogen (secondary N) is 1. The van der Waals surface area contributed by atoms with Crippen molar-refractivity contribution in [2.45, 2.75) is 38.0 Å². The van der Waals surface area contributed by atoms with E-state index < -0.39 is 11.0 Å². The van der Waals surface area contributed by atoms with Gasteiger partial charge in [0.15, 0.2) is 0 Å². The van der Waals surface area contributed by atoms with Crippen molar-refractivity contribution in [3.8, 4) is 11.5 Å². The second-order valence-electron chi connectivity index (χ2n) is 11.2. The Bertz CT molecular complexity index is 1460. The first-order valence-electron chi connectivity index (χ1n) is 14.9. The number of hydrogen-bond donors (Lipinski definition) is 1. The Kier molecular flexibility index (Phi) is 10.1. The molecule has 0 aromatic heterocycles. The molecule has 0 spiro atoms. The van der Waals surface area contributed by atoms with E-state index in [-0.39, 0.29) is 23.5 Å². The van der Waals surface area contributed by atoms with Crippen molar-refractivity contribution in [1.82, 2.24) is 20.0 Å². The van der Waals surface area contributed by atoms with Crippen LogP contribution in [0.25, 0.3) is 0 Å². The number of carbonyl (C=O) groups excluding carboxylic acids is 2. The second kappa shape index (κ2) is 14.3. The van der Waals surface area contributed by atoms with Gasteiger partial charge in [-0.3, -0.25) is 24.6 Å². The minimum Gasteiger partial charge on any atom is -0.497 e. The Hall–Kier alpha value is -4.48. The molecule has 0 radical (unpaired) electrons. The molecule has 232 valence electrons. The minimum absolute atomic E-state index is 0.0293. The van der Waals surface area contributed by atoms with Crippen molar-refractivity contribution in [3.05, 3.63) is 99.6 Å². The third kappa shape index (κ3) is 7.35. The van der Waals surface area contributed by atoms with Gasteiger partial charge in [0.2, 0.25) is 5.91 Å². The van der Waals surface area contributed by atoms with Crippen LogP contribution < -0.4 is 14.8 Å². The number of rotatable bonds is 10. The zero-order chi connectivity index (χ0) is 31.1. The van der Waals surface area contributed by atoms with Crippen LogP contribution >= 0.6 is 0 Å². The lowest BCUT2D eigenvalue weighted by atomic mass is 10.1. The number of hydrogen-bond acceptors (Lipinski definition) is 8. The van der Waals surface area contributed by atoms with Crippen LogP contribution in [0.4, 0.5) is 5.69 Å². The first-order chi connectivity index (χ1) is 21.4. The van der Waals surface area contributed by atoms with Gasteiger partial charge in [0.1, 0.15) is 17.5 Å². The Morgan fingerprint density at radius 3 is 2.36 bits per heavy atom. The first-order valence-corrected chi connectivity index (χ1v) is 14.9. The van der Waals surface area contributed by atoms with E-state index in [2.05, 4.69) is 10.2 Å². The van der Waals surface area contributed by atoms with Gasteiger partial charge in [-0.25, -0.2) is 0 Å². The van der Waals surface area contributed by atoms with Gasteiger partial charge < -0.3 is 24.6 Å². The molecule has 0 aliphatic carbocycles. The summed E-state index contributed by atoms with van der Waals surface area (Å²) < 4.78 is 10.8. The molecule has 5 rings (SSSR count). The molecule has 11 nitrogen and oxygen atoms in total. The summed E-state index contributed by atoms with van der Waals surface area (Å²) in [5.41, 5.74) is 2.42. The van der Waals surface area contributed by atoms with Crippen LogP contribution in [0.2, 0.25) is 0 Å². The number of likely N-dealkylation sites (tertiary alicyclic amines) is 1. The highest BCUT2D eigenvalue weighted by Crippen LogP contribution is 2.30. The number of amides is 2. The number of non-ortho nitro benzene ring substituents is 1. The fourth-order valence-corrected chi connectivity index (χ4v) is 6.01. The second-order valence-corrected chi connectivity index (χ2v) is 11.2. The number of carbonyl (C=O) groups is 2. The molecule has 2 amide bonds. The van der Waals surface area contributed by atoms with E-state index in [0.29, 0.717) is 57.0 Å². The first kappa shape index (κ1) is 31.0. The minimum atomic E-state index is -0.624. The van der Waals surface area contributed by atoms with Crippen LogP contribution in [0.15, 0.2) is 72.8 Å². The van der Waals surface area contributed by atoms with Crippen molar-refractivity contribution < 1.29 is 24.0 Å². The highest BCUT2D eigenvalue weighted by atomic mass is 16.6. The third-order valence-electron chi connectivity index (χ3n) is 8.36. The van der Waals surface area contributed by atoms with Crippen LogP contribution in [-0.4, -0.2) is 90.5 Å². The Balaban J connectivity index is 1.47. The van der Waals surface area contributed by atoms with Crippen LogP contribution in [0.5, 0.6) is 11.5 Å². The molecule has 3 aromatic rings. The average molecular weight is 602 g/mol. The molecule has 2 fully saturated rings. The molecule has 3 aromatic carbocycles. The van der Waals surface area contributed by atoms with Gasteiger partial charge in [-0.1, -0.05) is 30.3 Å². The van der Waals surface area contributed by atoms with E-state index in [0.717, 1.165) is 29.8 Å². The van der Waals surface area contributed by atoms with Crippen LogP contribution in [0.1, 0.15) is 34.3 Å².